The van der Waals surface area contributed by atoms with E-state index in [0.29, 0.717) is 12.3 Å². The highest BCUT2D eigenvalue weighted by Gasteiger charge is 2.23. The highest BCUT2D eigenvalue weighted by Crippen LogP contribution is 2.25. The Morgan fingerprint density at radius 1 is 1.33 bits per heavy atom. The van der Waals surface area contributed by atoms with Crippen LogP contribution in [0, 0.1) is 0 Å². The molecule has 0 spiro atoms. The van der Waals surface area contributed by atoms with Gasteiger partial charge in [0.2, 0.25) is 0 Å². The molecule has 0 amide bonds. The molecule has 9 nitrogen and oxygen atoms in total. The molecule has 1 atom stereocenters. The molecule has 3 N–H and O–H groups in total. The Morgan fingerprint density at radius 2 is 2.04 bits per heavy atom. The molecule has 0 aliphatic carbocycles. The number of hydrogen-bond donors (Lipinski definition) is 3. The summed E-state index contributed by atoms with van der Waals surface area (Å²) in [5.41, 5.74) is 0.930. The van der Waals surface area contributed by atoms with Crippen molar-refractivity contribution in [3.8, 4) is 0 Å². The molecule has 134 valence electrons. The maximum atomic E-state index is 10.7. The Balaban J connectivity index is 0.000000891. The molecule has 0 bridgehead atoms. The molecule has 9 heteroatoms. The second kappa shape index (κ2) is 10.4. The summed E-state index contributed by atoms with van der Waals surface area (Å²) in [5.74, 6) is -1.35. The molecule has 0 saturated carbocycles. The molecular formula is C15H23N3O6. The molecule has 1 fully saturated rings. The van der Waals surface area contributed by atoms with Crippen molar-refractivity contribution in [3.05, 3.63) is 18.0 Å². The molecule has 1 aliphatic heterocycles. The van der Waals surface area contributed by atoms with Crippen molar-refractivity contribution in [2.75, 3.05) is 19.6 Å². The summed E-state index contributed by atoms with van der Waals surface area (Å²) >= 11 is 0. The van der Waals surface area contributed by atoms with Crippen LogP contribution in [-0.2, 0) is 20.9 Å². The normalized spacial score (nSPS) is 17.6. The minimum Gasteiger partial charge on any atom is -0.483 e. The number of hydrogen-bond acceptors (Lipinski definition) is 5. The summed E-state index contributed by atoms with van der Waals surface area (Å²) in [6.07, 6.45) is 4.67. The number of likely N-dealkylation sites (tertiary alicyclic amines) is 1. The predicted molar refractivity (Wildman–Crippen MR) is 83.8 cm³/mol. The van der Waals surface area contributed by atoms with Crippen LogP contribution in [0.5, 0.6) is 0 Å². The first-order valence-corrected chi connectivity index (χ1v) is 7.73. The smallest absolute Gasteiger partial charge is 0.325 e. The molecule has 1 saturated heterocycles. The number of carbonyl (C=O) groups is 3. The summed E-state index contributed by atoms with van der Waals surface area (Å²) in [7, 11) is 0. The fourth-order valence-corrected chi connectivity index (χ4v) is 2.78. The van der Waals surface area contributed by atoms with E-state index in [1.165, 1.54) is 4.68 Å². The van der Waals surface area contributed by atoms with Crippen LogP contribution < -0.4 is 0 Å². The molecule has 1 aliphatic rings. The molecule has 1 aromatic rings. The van der Waals surface area contributed by atoms with Crippen LogP contribution in [0.4, 0.5) is 0 Å². The first-order valence-electron chi connectivity index (χ1n) is 7.73. The first kappa shape index (κ1) is 19.6. The Labute approximate surface area is 139 Å². The van der Waals surface area contributed by atoms with Crippen LogP contribution in [0.1, 0.15) is 37.3 Å². The molecule has 0 aromatic carbocycles. The molecule has 24 heavy (non-hydrogen) atoms. The van der Waals surface area contributed by atoms with Crippen molar-refractivity contribution in [1.29, 1.82) is 0 Å². The zero-order valence-corrected chi connectivity index (χ0v) is 13.4. The van der Waals surface area contributed by atoms with E-state index in [2.05, 4.69) is 10.00 Å². The average Bonchev–Trinajstić information content (AvgIpc) is 2.96. The van der Waals surface area contributed by atoms with Gasteiger partial charge < -0.3 is 20.2 Å². The third kappa shape index (κ3) is 7.23. The fourth-order valence-electron chi connectivity index (χ4n) is 2.78. The Hall–Kier alpha value is -2.42. The fraction of sp³-hybridized carbons (Fsp3) is 0.600. The van der Waals surface area contributed by atoms with Crippen molar-refractivity contribution >= 4 is 18.4 Å². The van der Waals surface area contributed by atoms with Crippen molar-refractivity contribution < 1.29 is 29.7 Å². The average molecular weight is 341 g/mol. The highest BCUT2D eigenvalue weighted by molar-refractivity contribution is 5.66. The highest BCUT2D eigenvalue weighted by atomic mass is 16.4. The third-order valence-electron chi connectivity index (χ3n) is 3.75. The summed E-state index contributed by atoms with van der Waals surface area (Å²) < 4.78 is 1.45. The lowest BCUT2D eigenvalue weighted by molar-refractivity contribution is -0.138. The van der Waals surface area contributed by atoms with Gasteiger partial charge in [0.25, 0.3) is 6.47 Å². The maximum Gasteiger partial charge on any atom is 0.325 e. The van der Waals surface area contributed by atoms with E-state index in [1.807, 2.05) is 6.07 Å². The van der Waals surface area contributed by atoms with Crippen molar-refractivity contribution in [2.45, 2.75) is 38.1 Å². The number of nitrogens with zero attached hydrogens (tertiary/aromatic N) is 3. The quantitative estimate of drug-likeness (QED) is 0.618. The number of aliphatic carboxylic acids is 2. The van der Waals surface area contributed by atoms with Gasteiger partial charge in [-0.15, -0.1) is 0 Å². The van der Waals surface area contributed by atoms with E-state index in [0.717, 1.165) is 38.2 Å². The lowest BCUT2D eigenvalue weighted by atomic mass is 9.95. The van der Waals surface area contributed by atoms with E-state index < -0.39 is 11.9 Å². The number of carboxylic acid groups (broad SMARTS) is 3. The topological polar surface area (TPSA) is 133 Å². The Bertz CT molecular complexity index is 545. The summed E-state index contributed by atoms with van der Waals surface area (Å²) in [6, 6.07) is 1.88. The molecule has 1 unspecified atom stereocenters. The van der Waals surface area contributed by atoms with Crippen LogP contribution in [-0.4, -0.2) is 68.0 Å². The van der Waals surface area contributed by atoms with E-state index in [9.17, 15) is 9.59 Å². The SMILES string of the molecule is O=C(O)CCCN1CCCC(c2ccn(CC(=O)O)n2)C1.O=CO. The Morgan fingerprint density at radius 3 is 2.67 bits per heavy atom. The van der Waals surface area contributed by atoms with Gasteiger partial charge in [-0.2, -0.15) is 5.10 Å². The van der Waals surface area contributed by atoms with Gasteiger partial charge in [-0.1, -0.05) is 0 Å². The molecule has 0 radical (unpaired) electrons. The Kier molecular flexibility index (Phi) is 8.48. The lowest BCUT2D eigenvalue weighted by Crippen LogP contribution is -2.35. The number of piperidine rings is 1. The lowest BCUT2D eigenvalue weighted by Gasteiger charge is -2.31. The van der Waals surface area contributed by atoms with Crippen LogP contribution in [0.15, 0.2) is 12.3 Å². The van der Waals surface area contributed by atoms with E-state index >= 15 is 0 Å². The zero-order chi connectivity index (χ0) is 17.9. The number of carboxylic acids is 2. The summed E-state index contributed by atoms with van der Waals surface area (Å²) in [5, 5.41) is 28.6. The van der Waals surface area contributed by atoms with Gasteiger partial charge in [0.05, 0.1) is 5.69 Å². The van der Waals surface area contributed by atoms with E-state index in [4.69, 9.17) is 20.1 Å². The van der Waals surface area contributed by atoms with Gasteiger partial charge in [0.15, 0.2) is 0 Å². The van der Waals surface area contributed by atoms with Crippen molar-refractivity contribution in [2.24, 2.45) is 0 Å². The first-order chi connectivity index (χ1) is 11.5. The van der Waals surface area contributed by atoms with Crippen molar-refractivity contribution in [3.63, 3.8) is 0 Å². The van der Waals surface area contributed by atoms with E-state index in [-0.39, 0.29) is 19.4 Å². The van der Waals surface area contributed by atoms with Crippen LogP contribution >= 0.6 is 0 Å². The second-order valence-electron chi connectivity index (χ2n) is 5.57. The standard InChI is InChI=1S/C14H21N3O4.CH2O2/c18-13(19)4-2-7-16-6-1-3-11(9-16)12-5-8-17(15-12)10-14(20)21;2-1-3/h5,8,11H,1-4,6-7,9-10H2,(H,18,19)(H,20,21);1H,(H,2,3). The molecule has 2 heterocycles. The van der Waals surface area contributed by atoms with Crippen LogP contribution in [0.2, 0.25) is 0 Å². The molecular weight excluding hydrogens is 318 g/mol. The summed E-state index contributed by atoms with van der Waals surface area (Å²) in [6.45, 7) is 2.28. The molecule has 1 aromatic heterocycles. The predicted octanol–water partition coefficient (Wildman–Crippen LogP) is 0.713. The summed E-state index contributed by atoms with van der Waals surface area (Å²) in [4.78, 5) is 31.8. The minimum absolute atomic E-state index is 0.116. The van der Waals surface area contributed by atoms with Gasteiger partial charge in [0, 0.05) is 25.1 Å². The molecule has 2 rings (SSSR count). The van der Waals surface area contributed by atoms with Gasteiger partial charge in [-0.25, -0.2) is 0 Å². The van der Waals surface area contributed by atoms with E-state index in [1.54, 1.807) is 6.20 Å². The van der Waals surface area contributed by atoms with Gasteiger partial charge in [-0.05, 0) is 38.4 Å². The van der Waals surface area contributed by atoms with Crippen molar-refractivity contribution in [1.82, 2.24) is 14.7 Å². The van der Waals surface area contributed by atoms with Crippen LogP contribution in [0.3, 0.4) is 0 Å². The van der Waals surface area contributed by atoms with Gasteiger partial charge in [0.1, 0.15) is 6.54 Å². The van der Waals surface area contributed by atoms with Crippen LogP contribution in [0.25, 0.3) is 0 Å². The monoisotopic (exact) mass is 341 g/mol. The van der Waals surface area contributed by atoms with Gasteiger partial charge >= 0.3 is 11.9 Å². The second-order valence-corrected chi connectivity index (χ2v) is 5.57. The number of rotatable bonds is 7. The number of aromatic nitrogens is 2. The maximum absolute atomic E-state index is 10.7. The van der Waals surface area contributed by atoms with Gasteiger partial charge in [-0.3, -0.25) is 19.1 Å². The largest absolute Gasteiger partial charge is 0.483 e. The minimum atomic E-state index is -0.899. The third-order valence-corrected chi connectivity index (χ3v) is 3.75. The zero-order valence-electron chi connectivity index (χ0n) is 13.4.